The minimum absolute atomic E-state index is 0.0293. The number of nitrogens with zero attached hydrogens (tertiary/aromatic N) is 2. The number of piperidine rings is 1. The highest BCUT2D eigenvalue weighted by Crippen LogP contribution is 2.22. The van der Waals surface area contributed by atoms with E-state index in [9.17, 15) is 8.42 Å². The van der Waals surface area contributed by atoms with Gasteiger partial charge in [0.05, 0.1) is 19.0 Å². The smallest absolute Gasteiger partial charge is 0.217 e. The lowest BCUT2D eigenvalue weighted by Crippen LogP contribution is -2.52. The maximum atomic E-state index is 12.8. The summed E-state index contributed by atoms with van der Waals surface area (Å²) in [5.41, 5.74) is 0. The van der Waals surface area contributed by atoms with Gasteiger partial charge in [-0.3, -0.25) is 4.90 Å². The van der Waals surface area contributed by atoms with E-state index in [4.69, 9.17) is 9.47 Å². The van der Waals surface area contributed by atoms with Crippen LogP contribution in [0.2, 0.25) is 0 Å². The SMILES string of the molecule is O=S(=O)(CCOc1ccccc1)N1CCCC[C@@H]1CN1CCOCC1. The van der Waals surface area contributed by atoms with Gasteiger partial charge >= 0.3 is 0 Å². The van der Waals surface area contributed by atoms with Crippen LogP contribution in [-0.4, -0.2) is 75.4 Å². The van der Waals surface area contributed by atoms with Crippen molar-refractivity contribution in [1.29, 1.82) is 0 Å². The number of ether oxygens (including phenoxy) is 2. The molecule has 0 aromatic heterocycles. The van der Waals surface area contributed by atoms with E-state index in [-0.39, 0.29) is 18.4 Å². The monoisotopic (exact) mass is 368 g/mol. The number of morpholine rings is 1. The van der Waals surface area contributed by atoms with Crippen LogP contribution in [0.4, 0.5) is 0 Å². The molecule has 1 atom stereocenters. The van der Waals surface area contributed by atoms with E-state index in [2.05, 4.69) is 4.90 Å². The van der Waals surface area contributed by atoms with Crippen LogP contribution in [0.5, 0.6) is 5.75 Å². The van der Waals surface area contributed by atoms with Gasteiger partial charge in [-0.1, -0.05) is 24.6 Å². The average Bonchev–Trinajstić information content (AvgIpc) is 2.64. The summed E-state index contributed by atoms with van der Waals surface area (Å²) in [6.45, 7) is 4.88. The number of hydrogen-bond acceptors (Lipinski definition) is 5. The second-order valence-corrected chi connectivity index (χ2v) is 8.69. The fourth-order valence-corrected chi connectivity index (χ4v) is 5.07. The molecule has 6 nitrogen and oxygen atoms in total. The summed E-state index contributed by atoms with van der Waals surface area (Å²) in [7, 11) is -3.30. The molecule has 2 aliphatic heterocycles. The molecule has 3 rings (SSSR count). The van der Waals surface area contributed by atoms with Gasteiger partial charge in [-0.25, -0.2) is 8.42 Å². The molecule has 0 spiro atoms. The van der Waals surface area contributed by atoms with Crippen LogP contribution < -0.4 is 4.74 Å². The van der Waals surface area contributed by atoms with Crippen molar-refractivity contribution < 1.29 is 17.9 Å². The summed E-state index contributed by atoms with van der Waals surface area (Å²) in [5.74, 6) is 0.739. The lowest BCUT2D eigenvalue weighted by atomic mass is 10.0. The van der Waals surface area contributed by atoms with Crippen molar-refractivity contribution in [2.45, 2.75) is 25.3 Å². The molecule has 0 N–H and O–H groups in total. The Kier molecular flexibility index (Phi) is 6.70. The molecule has 0 radical (unpaired) electrons. The van der Waals surface area contributed by atoms with Gasteiger partial charge in [0.1, 0.15) is 12.4 Å². The van der Waals surface area contributed by atoms with Crippen LogP contribution in [0.15, 0.2) is 30.3 Å². The first-order valence-corrected chi connectivity index (χ1v) is 10.7. The molecule has 0 bridgehead atoms. The molecule has 1 aromatic carbocycles. The fourth-order valence-electron chi connectivity index (χ4n) is 3.50. The standard InChI is InChI=1S/C18H28N2O4S/c21-25(22,15-14-24-18-7-2-1-3-8-18)20-9-5-4-6-17(20)16-19-10-12-23-13-11-19/h1-3,7-8,17H,4-6,9-16H2/t17-/m1/s1. The van der Waals surface area contributed by atoms with Gasteiger partial charge in [-0.15, -0.1) is 0 Å². The Morgan fingerprint density at radius 1 is 1.08 bits per heavy atom. The van der Waals surface area contributed by atoms with Crippen molar-refractivity contribution in [3.05, 3.63) is 30.3 Å². The summed E-state index contributed by atoms with van der Waals surface area (Å²) in [6.07, 6.45) is 2.98. The molecule has 7 heteroatoms. The predicted molar refractivity (Wildman–Crippen MR) is 97.3 cm³/mol. The number of benzene rings is 1. The minimum Gasteiger partial charge on any atom is -0.492 e. The van der Waals surface area contributed by atoms with Gasteiger partial charge in [0.15, 0.2) is 0 Å². The zero-order valence-electron chi connectivity index (χ0n) is 14.7. The fraction of sp³-hybridized carbons (Fsp3) is 0.667. The molecule has 2 saturated heterocycles. The Morgan fingerprint density at radius 2 is 1.84 bits per heavy atom. The van der Waals surface area contributed by atoms with Crippen LogP contribution in [0.25, 0.3) is 0 Å². The summed E-state index contributed by atoms with van der Waals surface area (Å²) >= 11 is 0. The Labute approximate surface area is 150 Å². The normalized spacial score (nSPS) is 23.4. The van der Waals surface area contributed by atoms with Gasteiger partial charge in [0, 0.05) is 32.2 Å². The molecular weight excluding hydrogens is 340 g/mol. The Bertz CT molecular complexity index is 617. The van der Waals surface area contributed by atoms with Crippen molar-refractivity contribution in [2.75, 3.05) is 51.8 Å². The van der Waals surface area contributed by atoms with Gasteiger partial charge < -0.3 is 9.47 Å². The maximum absolute atomic E-state index is 12.8. The molecule has 0 amide bonds. The van der Waals surface area contributed by atoms with Crippen LogP contribution in [0, 0.1) is 0 Å². The van der Waals surface area contributed by atoms with Crippen LogP contribution >= 0.6 is 0 Å². The first kappa shape index (κ1) is 18.6. The van der Waals surface area contributed by atoms with E-state index >= 15 is 0 Å². The number of sulfonamides is 1. The number of rotatable bonds is 7. The zero-order valence-corrected chi connectivity index (χ0v) is 15.5. The molecule has 25 heavy (non-hydrogen) atoms. The highest BCUT2D eigenvalue weighted by Gasteiger charge is 2.33. The molecule has 2 aliphatic rings. The Balaban J connectivity index is 1.55. The van der Waals surface area contributed by atoms with E-state index in [1.54, 1.807) is 4.31 Å². The summed E-state index contributed by atoms with van der Waals surface area (Å²) in [6, 6.07) is 9.44. The van der Waals surface area contributed by atoms with E-state index in [0.717, 1.165) is 52.1 Å². The van der Waals surface area contributed by atoms with Crippen molar-refractivity contribution >= 4 is 10.0 Å². The number of para-hydroxylation sites is 1. The first-order valence-electron chi connectivity index (χ1n) is 9.13. The third-order valence-corrected chi connectivity index (χ3v) is 6.73. The zero-order chi connectivity index (χ0) is 17.5. The predicted octanol–water partition coefficient (Wildman–Crippen LogP) is 1.58. The lowest BCUT2D eigenvalue weighted by molar-refractivity contribution is 0.0262. The topological polar surface area (TPSA) is 59.1 Å². The molecular formula is C18H28N2O4S. The van der Waals surface area contributed by atoms with Crippen LogP contribution in [0.1, 0.15) is 19.3 Å². The highest BCUT2D eigenvalue weighted by molar-refractivity contribution is 7.89. The maximum Gasteiger partial charge on any atom is 0.217 e. The lowest BCUT2D eigenvalue weighted by Gasteiger charge is -2.38. The third kappa shape index (κ3) is 5.41. The summed E-state index contributed by atoms with van der Waals surface area (Å²) < 4.78 is 38.4. The van der Waals surface area contributed by atoms with Gasteiger partial charge in [-0.2, -0.15) is 4.31 Å². The molecule has 2 fully saturated rings. The minimum atomic E-state index is -3.30. The van der Waals surface area contributed by atoms with Gasteiger partial charge in [-0.05, 0) is 25.0 Å². The quantitative estimate of drug-likeness (QED) is 0.731. The molecule has 1 aromatic rings. The highest BCUT2D eigenvalue weighted by atomic mass is 32.2. The Morgan fingerprint density at radius 3 is 2.60 bits per heavy atom. The van der Waals surface area contributed by atoms with Crippen LogP contribution in [0.3, 0.4) is 0 Å². The molecule has 0 saturated carbocycles. The van der Waals surface area contributed by atoms with Gasteiger partial charge in [0.2, 0.25) is 10.0 Å². The molecule has 2 heterocycles. The molecule has 0 aliphatic carbocycles. The third-order valence-electron chi connectivity index (χ3n) is 4.86. The average molecular weight is 368 g/mol. The molecule has 140 valence electrons. The number of hydrogen-bond donors (Lipinski definition) is 0. The second-order valence-electron chi connectivity index (χ2n) is 6.65. The van der Waals surface area contributed by atoms with E-state index in [1.165, 1.54) is 0 Å². The van der Waals surface area contributed by atoms with E-state index in [1.807, 2.05) is 30.3 Å². The van der Waals surface area contributed by atoms with Crippen molar-refractivity contribution in [2.24, 2.45) is 0 Å². The second kappa shape index (κ2) is 8.98. The first-order chi connectivity index (χ1) is 12.1. The van der Waals surface area contributed by atoms with Crippen molar-refractivity contribution in [1.82, 2.24) is 9.21 Å². The van der Waals surface area contributed by atoms with E-state index in [0.29, 0.717) is 12.3 Å². The largest absolute Gasteiger partial charge is 0.492 e. The van der Waals surface area contributed by atoms with E-state index < -0.39 is 10.0 Å². The van der Waals surface area contributed by atoms with Gasteiger partial charge in [0.25, 0.3) is 0 Å². The van der Waals surface area contributed by atoms with Crippen molar-refractivity contribution in [3.63, 3.8) is 0 Å². The van der Waals surface area contributed by atoms with Crippen molar-refractivity contribution in [3.8, 4) is 5.75 Å². The molecule has 0 unspecified atom stereocenters. The summed E-state index contributed by atoms with van der Waals surface area (Å²) in [4.78, 5) is 2.32. The van der Waals surface area contributed by atoms with Crippen LogP contribution in [-0.2, 0) is 14.8 Å². The Hall–Kier alpha value is -1.15. The summed E-state index contributed by atoms with van der Waals surface area (Å²) in [5, 5.41) is 0.